The zero-order chi connectivity index (χ0) is 22.8. The molecule has 7 heteroatoms. The summed E-state index contributed by atoms with van der Waals surface area (Å²) >= 11 is 1.25. The van der Waals surface area contributed by atoms with Gasteiger partial charge in [0, 0.05) is 5.69 Å². The number of carbonyl (C=O) groups excluding carboxylic acids is 3. The molecule has 3 aromatic rings. The summed E-state index contributed by atoms with van der Waals surface area (Å²) < 4.78 is 5.01. The average molecular weight is 448 g/mol. The Morgan fingerprint density at radius 3 is 2.34 bits per heavy atom. The number of nitrogens with zero attached hydrogens (tertiary/aromatic N) is 1. The van der Waals surface area contributed by atoms with Gasteiger partial charge in [0.1, 0.15) is 0 Å². The minimum absolute atomic E-state index is 0.0378. The van der Waals surface area contributed by atoms with Gasteiger partial charge in [0.05, 0.1) is 28.7 Å². The zero-order valence-electron chi connectivity index (χ0n) is 17.6. The quantitative estimate of drug-likeness (QED) is 0.424. The molecule has 32 heavy (non-hydrogen) atoms. The summed E-state index contributed by atoms with van der Waals surface area (Å²) in [4.78, 5) is 40.2. The molecule has 0 radical (unpaired) electrons. The smallest absolute Gasteiger partial charge is 0.338 e. The summed E-state index contributed by atoms with van der Waals surface area (Å²) in [5.41, 5.74) is 2.57. The molecular formula is C25H21NO5S. The third-order valence-electron chi connectivity index (χ3n) is 5.25. The van der Waals surface area contributed by atoms with Crippen molar-refractivity contribution in [1.82, 2.24) is 0 Å². The van der Waals surface area contributed by atoms with Gasteiger partial charge < -0.3 is 9.84 Å². The fourth-order valence-corrected chi connectivity index (χ4v) is 4.36. The molecule has 1 aliphatic heterocycles. The van der Waals surface area contributed by atoms with Gasteiger partial charge in [0.2, 0.25) is 5.78 Å². The van der Waals surface area contributed by atoms with Crippen molar-refractivity contribution in [3.63, 3.8) is 0 Å². The predicted octanol–water partition coefficient (Wildman–Crippen LogP) is 5.02. The van der Waals surface area contributed by atoms with Crippen LogP contribution in [0.5, 0.6) is 0 Å². The van der Waals surface area contributed by atoms with Crippen molar-refractivity contribution >= 4 is 34.7 Å². The lowest BCUT2D eigenvalue weighted by molar-refractivity contribution is -0.117. The molecule has 1 atom stereocenters. The van der Waals surface area contributed by atoms with E-state index in [2.05, 4.69) is 0 Å². The maximum Gasteiger partial charge on any atom is 0.338 e. The SMILES string of the molecule is CCOC(=O)c1ccc(N2C(=O)C(O)=C(C(=O)c3cccs3)C2c2ccc(C)cc2)cc1. The molecule has 1 aliphatic rings. The lowest BCUT2D eigenvalue weighted by atomic mass is 9.94. The van der Waals surface area contributed by atoms with Crippen molar-refractivity contribution in [2.45, 2.75) is 19.9 Å². The molecule has 0 fully saturated rings. The summed E-state index contributed by atoms with van der Waals surface area (Å²) in [7, 11) is 0. The minimum Gasteiger partial charge on any atom is -0.503 e. The van der Waals surface area contributed by atoms with Crippen LogP contribution in [0.3, 0.4) is 0 Å². The lowest BCUT2D eigenvalue weighted by Gasteiger charge is -2.27. The minimum atomic E-state index is -0.800. The van der Waals surface area contributed by atoms with Gasteiger partial charge in [-0.25, -0.2) is 4.79 Å². The lowest BCUT2D eigenvalue weighted by Crippen LogP contribution is -2.31. The number of carbonyl (C=O) groups is 3. The molecule has 0 bridgehead atoms. The number of amides is 1. The number of rotatable bonds is 6. The zero-order valence-corrected chi connectivity index (χ0v) is 18.4. The van der Waals surface area contributed by atoms with Crippen LogP contribution in [-0.4, -0.2) is 29.4 Å². The van der Waals surface area contributed by atoms with E-state index in [1.165, 1.54) is 16.2 Å². The third-order valence-corrected chi connectivity index (χ3v) is 6.12. The van der Waals surface area contributed by atoms with Crippen molar-refractivity contribution in [2.24, 2.45) is 0 Å². The van der Waals surface area contributed by atoms with Crippen LogP contribution in [0.25, 0.3) is 0 Å². The van der Waals surface area contributed by atoms with Crippen LogP contribution in [-0.2, 0) is 9.53 Å². The Bertz CT molecular complexity index is 1190. The largest absolute Gasteiger partial charge is 0.503 e. The first-order valence-electron chi connectivity index (χ1n) is 10.1. The topological polar surface area (TPSA) is 83.9 Å². The van der Waals surface area contributed by atoms with Gasteiger partial charge in [-0.15, -0.1) is 11.3 Å². The third kappa shape index (κ3) is 3.83. The first-order valence-corrected chi connectivity index (χ1v) is 11.0. The molecule has 0 aliphatic carbocycles. The van der Waals surface area contributed by atoms with Gasteiger partial charge in [-0.1, -0.05) is 35.9 Å². The van der Waals surface area contributed by atoms with Crippen molar-refractivity contribution in [3.05, 3.63) is 98.9 Å². The molecule has 0 saturated carbocycles. The number of ether oxygens (including phenoxy) is 1. The van der Waals surface area contributed by atoms with E-state index >= 15 is 0 Å². The summed E-state index contributed by atoms with van der Waals surface area (Å²) in [6.45, 7) is 3.93. The number of aryl methyl sites for hydroxylation is 1. The molecule has 1 amide bonds. The first kappa shape index (κ1) is 21.5. The van der Waals surface area contributed by atoms with E-state index in [1.807, 2.05) is 31.2 Å². The number of hydrogen-bond acceptors (Lipinski definition) is 6. The Hall–Kier alpha value is -3.71. The summed E-state index contributed by atoms with van der Waals surface area (Å²) in [6, 6.07) is 16.4. The fourth-order valence-electron chi connectivity index (χ4n) is 3.68. The number of anilines is 1. The highest BCUT2D eigenvalue weighted by atomic mass is 32.1. The van der Waals surface area contributed by atoms with E-state index in [0.29, 0.717) is 21.7 Å². The molecule has 6 nitrogen and oxygen atoms in total. The van der Waals surface area contributed by atoms with Gasteiger partial charge in [-0.3, -0.25) is 14.5 Å². The standard InChI is InChI=1S/C25H21NO5S/c1-3-31-25(30)17-10-12-18(13-11-17)26-21(16-8-6-15(2)7-9-16)20(23(28)24(26)29)22(27)19-5-4-14-32-19/h4-14,21,28H,3H2,1-2H3. The van der Waals surface area contributed by atoms with E-state index in [0.717, 1.165) is 5.56 Å². The number of thiophene rings is 1. The molecular weight excluding hydrogens is 426 g/mol. The summed E-state index contributed by atoms with van der Waals surface area (Å²) in [5, 5.41) is 12.5. The van der Waals surface area contributed by atoms with Gasteiger partial charge >= 0.3 is 5.97 Å². The number of ketones is 1. The second kappa shape index (κ2) is 8.80. The number of Topliss-reactive ketones (excluding diaryl/α,β-unsaturated/α-hetero) is 1. The fraction of sp³-hybridized carbons (Fsp3) is 0.160. The molecule has 2 aromatic carbocycles. The van der Waals surface area contributed by atoms with Crippen molar-refractivity contribution in [1.29, 1.82) is 0 Å². The number of esters is 1. The average Bonchev–Trinajstić information content (AvgIpc) is 3.42. The Morgan fingerprint density at radius 1 is 1.06 bits per heavy atom. The summed E-state index contributed by atoms with van der Waals surface area (Å²) in [5.74, 6) is -2.08. The highest BCUT2D eigenvalue weighted by Crippen LogP contribution is 2.42. The second-order valence-electron chi connectivity index (χ2n) is 7.32. The van der Waals surface area contributed by atoms with Gasteiger partial charge in [-0.2, -0.15) is 0 Å². The van der Waals surface area contributed by atoms with Gasteiger partial charge in [0.15, 0.2) is 5.76 Å². The Kier molecular flexibility index (Phi) is 5.92. The van der Waals surface area contributed by atoms with Gasteiger partial charge in [-0.05, 0) is 55.1 Å². The number of aliphatic hydroxyl groups is 1. The van der Waals surface area contributed by atoms with Crippen molar-refractivity contribution in [2.75, 3.05) is 11.5 Å². The highest BCUT2D eigenvalue weighted by molar-refractivity contribution is 7.12. The van der Waals surface area contributed by atoms with Crippen LogP contribution in [0.1, 0.15) is 44.1 Å². The number of benzene rings is 2. The van der Waals surface area contributed by atoms with E-state index in [1.54, 1.807) is 48.7 Å². The highest BCUT2D eigenvalue weighted by Gasteiger charge is 2.44. The molecule has 2 heterocycles. The van der Waals surface area contributed by atoms with Crippen LogP contribution in [0, 0.1) is 6.92 Å². The first-order chi connectivity index (χ1) is 15.4. The normalized spacial score (nSPS) is 15.9. The second-order valence-corrected chi connectivity index (χ2v) is 8.27. The van der Waals surface area contributed by atoms with Crippen LogP contribution < -0.4 is 4.90 Å². The van der Waals surface area contributed by atoms with Crippen LogP contribution in [0.2, 0.25) is 0 Å². The molecule has 1 aromatic heterocycles. The Morgan fingerprint density at radius 2 is 1.75 bits per heavy atom. The van der Waals surface area contributed by atoms with E-state index < -0.39 is 23.7 Å². The molecule has 162 valence electrons. The van der Waals surface area contributed by atoms with Crippen molar-refractivity contribution < 1.29 is 24.2 Å². The maximum absolute atomic E-state index is 13.3. The molecule has 1 N–H and O–H groups in total. The van der Waals surface area contributed by atoms with Gasteiger partial charge in [0.25, 0.3) is 5.91 Å². The van der Waals surface area contributed by atoms with E-state index in [-0.39, 0.29) is 18.0 Å². The Labute approximate surface area is 189 Å². The number of hydrogen-bond donors (Lipinski definition) is 1. The number of aliphatic hydroxyl groups excluding tert-OH is 1. The van der Waals surface area contributed by atoms with E-state index in [9.17, 15) is 19.5 Å². The van der Waals surface area contributed by atoms with E-state index in [4.69, 9.17) is 4.74 Å². The maximum atomic E-state index is 13.3. The van der Waals surface area contributed by atoms with Crippen LogP contribution >= 0.6 is 11.3 Å². The van der Waals surface area contributed by atoms with Crippen LogP contribution in [0.15, 0.2) is 77.4 Å². The Balaban J connectivity index is 1.79. The molecule has 0 spiro atoms. The monoisotopic (exact) mass is 447 g/mol. The van der Waals surface area contributed by atoms with Crippen LogP contribution in [0.4, 0.5) is 5.69 Å². The molecule has 1 unspecified atom stereocenters. The summed E-state index contributed by atoms with van der Waals surface area (Å²) in [6.07, 6.45) is 0. The molecule has 0 saturated heterocycles. The molecule has 4 rings (SSSR count). The predicted molar refractivity (Wildman–Crippen MR) is 122 cm³/mol. The van der Waals surface area contributed by atoms with Crippen molar-refractivity contribution in [3.8, 4) is 0 Å².